The third-order valence-electron chi connectivity index (χ3n) is 2.32. The number of nitrogens with zero attached hydrogens (tertiary/aromatic N) is 1. The molecule has 0 spiro atoms. The maximum atomic E-state index is 4.96. The molecule has 4 heteroatoms. The van der Waals surface area contributed by atoms with E-state index in [4.69, 9.17) is 4.74 Å². The van der Waals surface area contributed by atoms with Gasteiger partial charge in [-0.05, 0) is 11.6 Å². The van der Waals surface area contributed by atoms with Crippen molar-refractivity contribution >= 4 is 10.9 Å². The maximum Gasteiger partial charge on any atom is 0.0653 e. The molecule has 2 N–H and O–H groups in total. The maximum absolute atomic E-state index is 4.96. The summed E-state index contributed by atoms with van der Waals surface area (Å²) in [6.45, 7) is 2.47. The van der Waals surface area contributed by atoms with E-state index in [1.807, 2.05) is 6.20 Å². The molecule has 1 aromatic heterocycles. The summed E-state index contributed by atoms with van der Waals surface area (Å²) in [6, 6.07) is 6.30. The summed E-state index contributed by atoms with van der Waals surface area (Å²) in [6.07, 6.45) is 1.83. The van der Waals surface area contributed by atoms with Gasteiger partial charge in [0.1, 0.15) is 0 Å². The van der Waals surface area contributed by atoms with Crippen molar-refractivity contribution in [3.8, 4) is 0 Å². The second kappa shape index (κ2) is 4.91. The molecule has 0 bridgehead atoms. The SMILES string of the molecule is COCCNCc1ccc2cn[nH]c2c1. The Labute approximate surface area is 88.6 Å². The molecular formula is C11H15N3O. The summed E-state index contributed by atoms with van der Waals surface area (Å²) in [7, 11) is 1.71. The largest absolute Gasteiger partial charge is 0.383 e. The monoisotopic (exact) mass is 205 g/mol. The lowest BCUT2D eigenvalue weighted by Gasteiger charge is -2.03. The van der Waals surface area contributed by atoms with E-state index in [0.29, 0.717) is 0 Å². The van der Waals surface area contributed by atoms with E-state index in [1.54, 1.807) is 7.11 Å². The molecule has 4 nitrogen and oxygen atoms in total. The first-order valence-electron chi connectivity index (χ1n) is 5.02. The number of hydrogen-bond donors (Lipinski definition) is 2. The van der Waals surface area contributed by atoms with Gasteiger partial charge in [-0.25, -0.2) is 0 Å². The zero-order valence-electron chi connectivity index (χ0n) is 8.79. The highest BCUT2D eigenvalue weighted by Crippen LogP contribution is 2.12. The van der Waals surface area contributed by atoms with Crippen molar-refractivity contribution in [2.75, 3.05) is 20.3 Å². The Bertz CT molecular complexity index is 424. The molecule has 0 aliphatic rings. The van der Waals surface area contributed by atoms with Crippen LogP contribution in [-0.4, -0.2) is 30.5 Å². The summed E-state index contributed by atoms with van der Waals surface area (Å²) in [5, 5.41) is 11.4. The van der Waals surface area contributed by atoms with Crippen LogP contribution in [-0.2, 0) is 11.3 Å². The van der Waals surface area contributed by atoms with Crippen molar-refractivity contribution in [1.29, 1.82) is 0 Å². The highest BCUT2D eigenvalue weighted by Gasteiger charge is 1.97. The molecule has 1 aromatic carbocycles. The first kappa shape index (κ1) is 10.1. The van der Waals surface area contributed by atoms with Gasteiger partial charge in [0.25, 0.3) is 0 Å². The van der Waals surface area contributed by atoms with E-state index in [2.05, 4.69) is 33.7 Å². The molecule has 0 atom stereocenters. The van der Waals surface area contributed by atoms with Crippen LogP contribution in [0.4, 0.5) is 0 Å². The summed E-state index contributed by atoms with van der Waals surface area (Å²) >= 11 is 0. The summed E-state index contributed by atoms with van der Waals surface area (Å²) < 4.78 is 4.96. The van der Waals surface area contributed by atoms with Crippen molar-refractivity contribution in [3.63, 3.8) is 0 Å². The Morgan fingerprint density at radius 1 is 1.47 bits per heavy atom. The van der Waals surface area contributed by atoms with E-state index in [1.165, 1.54) is 5.56 Å². The van der Waals surface area contributed by atoms with Gasteiger partial charge in [-0.2, -0.15) is 5.10 Å². The number of rotatable bonds is 5. The molecule has 2 aromatic rings. The third kappa shape index (κ3) is 2.55. The molecule has 0 unspecified atom stereocenters. The van der Waals surface area contributed by atoms with E-state index in [-0.39, 0.29) is 0 Å². The Morgan fingerprint density at radius 2 is 2.40 bits per heavy atom. The predicted octanol–water partition coefficient (Wildman–Crippen LogP) is 1.30. The molecule has 2 rings (SSSR count). The number of fused-ring (bicyclic) bond motifs is 1. The molecule has 0 radical (unpaired) electrons. The summed E-state index contributed by atoms with van der Waals surface area (Å²) in [5.74, 6) is 0. The predicted molar refractivity (Wildman–Crippen MR) is 59.7 cm³/mol. The van der Waals surface area contributed by atoms with Crippen LogP contribution in [0.1, 0.15) is 5.56 Å². The fourth-order valence-corrected chi connectivity index (χ4v) is 1.50. The number of H-pyrrole nitrogens is 1. The first-order chi connectivity index (χ1) is 7.40. The van der Waals surface area contributed by atoms with Crippen LogP contribution >= 0.6 is 0 Å². The van der Waals surface area contributed by atoms with Crippen LogP contribution in [0.5, 0.6) is 0 Å². The van der Waals surface area contributed by atoms with Crippen molar-refractivity contribution in [1.82, 2.24) is 15.5 Å². The zero-order chi connectivity index (χ0) is 10.5. The van der Waals surface area contributed by atoms with Gasteiger partial charge in [0.05, 0.1) is 18.3 Å². The Balaban J connectivity index is 1.96. The molecule has 15 heavy (non-hydrogen) atoms. The van der Waals surface area contributed by atoms with Gasteiger partial charge in [0.15, 0.2) is 0 Å². The fourth-order valence-electron chi connectivity index (χ4n) is 1.50. The van der Waals surface area contributed by atoms with Crippen LogP contribution < -0.4 is 5.32 Å². The minimum absolute atomic E-state index is 0.742. The highest BCUT2D eigenvalue weighted by molar-refractivity contribution is 5.78. The number of benzene rings is 1. The smallest absolute Gasteiger partial charge is 0.0653 e. The highest BCUT2D eigenvalue weighted by atomic mass is 16.5. The number of methoxy groups -OCH3 is 1. The normalized spacial score (nSPS) is 11.0. The van der Waals surface area contributed by atoms with Gasteiger partial charge in [-0.3, -0.25) is 5.10 Å². The van der Waals surface area contributed by atoms with Gasteiger partial charge in [-0.1, -0.05) is 12.1 Å². The first-order valence-corrected chi connectivity index (χ1v) is 5.02. The second-order valence-corrected chi connectivity index (χ2v) is 3.46. The fraction of sp³-hybridized carbons (Fsp3) is 0.364. The molecular weight excluding hydrogens is 190 g/mol. The van der Waals surface area contributed by atoms with Crippen LogP contribution in [0.25, 0.3) is 10.9 Å². The average molecular weight is 205 g/mol. The summed E-state index contributed by atoms with van der Waals surface area (Å²) in [5.41, 5.74) is 2.34. The number of hydrogen-bond acceptors (Lipinski definition) is 3. The van der Waals surface area contributed by atoms with Crippen molar-refractivity contribution in [2.24, 2.45) is 0 Å². The molecule has 0 fully saturated rings. The standard InChI is InChI=1S/C11H15N3O/c1-15-5-4-12-7-9-2-3-10-8-13-14-11(10)6-9/h2-3,6,8,12H,4-5,7H2,1H3,(H,13,14). The van der Waals surface area contributed by atoms with Crippen LogP contribution in [0.2, 0.25) is 0 Å². The number of nitrogens with one attached hydrogen (secondary N) is 2. The molecule has 80 valence electrons. The molecule has 0 aliphatic carbocycles. The van der Waals surface area contributed by atoms with Gasteiger partial charge in [0, 0.05) is 25.6 Å². The van der Waals surface area contributed by atoms with E-state index in [0.717, 1.165) is 30.6 Å². The lowest BCUT2D eigenvalue weighted by atomic mass is 10.2. The summed E-state index contributed by atoms with van der Waals surface area (Å²) in [4.78, 5) is 0. The molecule has 1 heterocycles. The lowest BCUT2D eigenvalue weighted by Crippen LogP contribution is -2.18. The van der Waals surface area contributed by atoms with Crippen molar-refractivity contribution < 1.29 is 4.74 Å². The van der Waals surface area contributed by atoms with Gasteiger partial charge < -0.3 is 10.1 Å². The minimum Gasteiger partial charge on any atom is -0.383 e. The van der Waals surface area contributed by atoms with E-state index in [9.17, 15) is 0 Å². The zero-order valence-corrected chi connectivity index (χ0v) is 8.79. The number of ether oxygens (including phenoxy) is 1. The Morgan fingerprint density at radius 3 is 3.27 bits per heavy atom. The van der Waals surface area contributed by atoms with Crippen molar-refractivity contribution in [3.05, 3.63) is 30.0 Å². The van der Waals surface area contributed by atoms with Gasteiger partial charge in [0.2, 0.25) is 0 Å². The average Bonchev–Trinajstić information content (AvgIpc) is 2.71. The quantitative estimate of drug-likeness (QED) is 0.723. The topological polar surface area (TPSA) is 49.9 Å². The van der Waals surface area contributed by atoms with Gasteiger partial charge in [-0.15, -0.1) is 0 Å². The number of aromatic nitrogens is 2. The van der Waals surface area contributed by atoms with E-state index < -0.39 is 0 Å². The lowest BCUT2D eigenvalue weighted by molar-refractivity contribution is 0.199. The number of aromatic amines is 1. The van der Waals surface area contributed by atoms with E-state index >= 15 is 0 Å². The third-order valence-corrected chi connectivity index (χ3v) is 2.32. The van der Waals surface area contributed by atoms with Gasteiger partial charge >= 0.3 is 0 Å². The second-order valence-electron chi connectivity index (χ2n) is 3.46. The molecule has 0 saturated heterocycles. The Hall–Kier alpha value is -1.39. The molecule has 0 aliphatic heterocycles. The van der Waals surface area contributed by atoms with Crippen LogP contribution in [0.15, 0.2) is 24.4 Å². The van der Waals surface area contributed by atoms with Crippen molar-refractivity contribution in [2.45, 2.75) is 6.54 Å². The molecule has 0 saturated carbocycles. The Kier molecular flexibility index (Phi) is 3.32. The molecule has 0 amide bonds. The minimum atomic E-state index is 0.742. The van der Waals surface area contributed by atoms with Crippen LogP contribution in [0, 0.1) is 0 Å². The van der Waals surface area contributed by atoms with Crippen LogP contribution in [0.3, 0.4) is 0 Å².